The second-order valence-electron chi connectivity index (χ2n) is 4.59. The fraction of sp³-hybridized carbons (Fsp3) is 0.133. The standard InChI is InChI=1S/C15H16ClN3S/c1-19(2)11-8-6-10(7-9-11)18-13-5-3-4-12(16)14(13)15(17)20/h3-9,18H,1-2H3,(H2,17,20). The predicted octanol–water partition coefficient (Wildman–Crippen LogP) is 3.78. The van der Waals surface area contributed by atoms with Crippen LogP contribution in [0.2, 0.25) is 5.02 Å². The summed E-state index contributed by atoms with van der Waals surface area (Å²) in [7, 11) is 4.01. The molecule has 0 unspecified atom stereocenters. The first-order valence-electron chi connectivity index (χ1n) is 6.12. The first kappa shape index (κ1) is 14.6. The molecule has 2 rings (SSSR count). The summed E-state index contributed by atoms with van der Waals surface area (Å²) >= 11 is 11.2. The van der Waals surface area contributed by atoms with Crippen LogP contribution in [-0.4, -0.2) is 19.1 Å². The van der Waals surface area contributed by atoms with Gasteiger partial charge in [-0.15, -0.1) is 0 Å². The predicted molar refractivity (Wildman–Crippen MR) is 91.4 cm³/mol. The summed E-state index contributed by atoms with van der Waals surface area (Å²) in [5, 5.41) is 3.84. The summed E-state index contributed by atoms with van der Waals surface area (Å²) in [4.78, 5) is 2.33. The number of nitrogens with one attached hydrogen (secondary N) is 1. The van der Waals surface area contributed by atoms with Crippen LogP contribution >= 0.6 is 23.8 Å². The van der Waals surface area contributed by atoms with E-state index >= 15 is 0 Å². The molecule has 2 aromatic rings. The molecule has 0 bridgehead atoms. The average Bonchev–Trinajstić information content (AvgIpc) is 2.39. The highest BCUT2D eigenvalue weighted by Crippen LogP contribution is 2.27. The van der Waals surface area contributed by atoms with Gasteiger partial charge >= 0.3 is 0 Å². The van der Waals surface area contributed by atoms with Crippen LogP contribution < -0.4 is 16.0 Å². The Morgan fingerprint density at radius 3 is 2.35 bits per heavy atom. The lowest BCUT2D eigenvalue weighted by atomic mass is 10.1. The van der Waals surface area contributed by atoms with Gasteiger partial charge in [-0.25, -0.2) is 0 Å². The van der Waals surface area contributed by atoms with Gasteiger partial charge in [0.1, 0.15) is 4.99 Å². The molecule has 0 atom stereocenters. The van der Waals surface area contributed by atoms with Crippen molar-refractivity contribution < 1.29 is 0 Å². The molecule has 0 spiro atoms. The molecule has 0 aromatic heterocycles. The molecule has 0 saturated heterocycles. The maximum absolute atomic E-state index is 6.14. The fourth-order valence-corrected chi connectivity index (χ4v) is 2.43. The summed E-state index contributed by atoms with van der Waals surface area (Å²) in [5.74, 6) is 0. The van der Waals surface area contributed by atoms with E-state index in [0.717, 1.165) is 17.1 Å². The van der Waals surface area contributed by atoms with Crippen LogP contribution in [0.1, 0.15) is 5.56 Å². The Kier molecular flexibility index (Phi) is 4.47. The van der Waals surface area contributed by atoms with E-state index in [1.165, 1.54) is 0 Å². The Hall–Kier alpha value is -1.78. The molecule has 0 aliphatic rings. The van der Waals surface area contributed by atoms with Gasteiger partial charge in [0.25, 0.3) is 0 Å². The minimum Gasteiger partial charge on any atom is -0.389 e. The van der Waals surface area contributed by atoms with Crippen LogP contribution in [0.3, 0.4) is 0 Å². The maximum Gasteiger partial charge on any atom is 0.107 e. The highest BCUT2D eigenvalue weighted by Gasteiger charge is 2.09. The van der Waals surface area contributed by atoms with Crippen molar-refractivity contribution in [2.75, 3.05) is 24.3 Å². The van der Waals surface area contributed by atoms with E-state index in [2.05, 4.69) is 5.32 Å². The van der Waals surface area contributed by atoms with Crippen LogP contribution in [-0.2, 0) is 0 Å². The molecule has 3 nitrogen and oxygen atoms in total. The van der Waals surface area contributed by atoms with Gasteiger partial charge in [0.05, 0.1) is 16.3 Å². The first-order valence-corrected chi connectivity index (χ1v) is 6.90. The Morgan fingerprint density at radius 1 is 1.15 bits per heavy atom. The van der Waals surface area contributed by atoms with E-state index < -0.39 is 0 Å². The van der Waals surface area contributed by atoms with Crippen LogP contribution in [0, 0.1) is 0 Å². The summed E-state index contributed by atoms with van der Waals surface area (Å²) in [6, 6.07) is 13.6. The fourth-order valence-electron chi connectivity index (χ4n) is 1.88. The zero-order chi connectivity index (χ0) is 14.7. The Balaban J connectivity index is 2.30. The van der Waals surface area contributed by atoms with Crippen LogP contribution in [0.4, 0.5) is 17.1 Å². The highest BCUT2D eigenvalue weighted by atomic mass is 35.5. The van der Waals surface area contributed by atoms with E-state index in [0.29, 0.717) is 10.6 Å². The van der Waals surface area contributed by atoms with E-state index in [-0.39, 0.29) is 4.99 Å². The number of hydrogen-bond acceptors (Lipinski definition) is 3. The third-order valence-electron chi connectivity index (χ3n) is 2.92. The quantitative estimate of drug-likeness (QED) is 0.843. The van der Waals surface area contributed by atoms with Crippen molar-refractivity contribution >= 4 is 45.9 Å². The Morgan fingerprint density at radius 2 is 1.80 bits per heavy atom. The second-order valence-corrected chi connectivity index (χ2v) is 5.44. The van der Waals surface area contributed by atoms with Crippen LogP contribution in [0.15, 0.2) is 42.5 Å². The Bertz CT molecular complexity index is 624. The normalized spacial score (nSPS) is 10.2. The van der Waals surface area contributed by atoms with Gasteiger partial charge in [-0.3, -0.25) is 0 Å². The van der Waals surface area contributed by atoms with Crippen molar-refractivity contribution in [1.29, 1.82) is 0 Å². The summed E-state index contributed by atoms with van der Waals surface area (Å²) < 4.78 is 0. The summed E-state index contributed by atoms with van der Waals surface area (Å²) in [5.41, 5.74) is 9.30. The molecule has 5 heteroatoms. The Labute approximate surface area is 129 Å². The molecule has 0 amide bonds. The maximum atomic E-state index is 6.14. The van der Waals surface area contributed by atoms with Crippen molar-refractivity contribution in [1.82, 2.24) is 0 Å². The number of hydrogen-bond donors (Lipinski definition) is 2. The second kappa shape index (κ2) is 6.11. The highest BCUT2D eigenvalue weighted by molar-refractivity contribution is 7.80. The third-order valence-corrected chi connectivity index (χ3v) is 3.44. The molecule has 0 radical (unpaired) electrons. The molecular weight excluding hydrogens is 290 g/mol. The SMILES string of the molecule is CN(C)c1ccc(Nc2cccc(Cl)c2C(N)=S)cc1. The largest absolute Gasteiger partial charge is 0.389 e. The summed E-state index contributed by atoms with van der Waals surface area (Å²) in [6.07, 6.45) is 0. The van der Waals surface area contributed by atoms with E-state index in [9.17, 15) is 0 Å². The number of nitrogens with zero attached hydrogens (tertiary/aromatic N) is 1. The van der Waals surface area contributed by atoms with Crippen molar-refractivity contribution in [3.05, 3.63) is 53.1 Å². The summed E-state index contributed by atoms with van der Waals surface area (Å²) in [6.45, 7) is 0. The molecule has 2 aromatic carbocycles. The average molecular weight is 306 g/mol. The molecule has 20 heavy (non-hydrogen) atoms. The number of halogens is 1. The number of nitrogens with two attached hydrogens (primary N) is 1. The molecule has 0 aliphatic heterocycles. The number of benzene rings is 2. The van der Waals surface area contributed by atoms with Gasteiger partial charge in [0.2, 0.25) is 0 Å². The van der Waals surface area contributed by atoms with Crippen molar-refractivity contribution in [2.45, 2.75) is 0 Å². The number of rotatable bonds is 4. The van der Waals surface area contributed by atoms with Crippen LogP contribution in [0.5, 0.6) is 0 Å². The third kappa shape index (κ3) is 3.21. The lowest BCUT2D eigenvalue weighted by Gasteiger charge is -2.15. The number of thiocarbonyl (C=S) groups is 1. The van der Waals surface area contributed by atoms with Gasteiger partial charge in [-0.2, -0.15) is 0 Å². The molecule has 0 saturated carbocycles. The lowest BCUT2D eigenvalue weighted by molar-refractivity contribution is 1.13. The van der Waals surface area contributed by atoms with Crippen molar-refractivity contribution in [2.24, 2.45) is 5.73 Å². The molecule has 0 fully saturated rings. The van der Waals surface area contributed by atoms with Gasteiger partial charge in [0.15, 0.2) is 0 Å². The monoisotopic (exact) mass is 305 g/mol. The molecule has 104 valence electrons. The molecular formula is C15H16ClN3S. The zero-order valence-corrected chi connectivity index (χ0v) is 12.9. The number of anilines is 3. The van der Waals surface area contributed by atoms with Gasteiger partial charge in [0, 0.05) is 25.5 Å². The topological polar surface area (TPSA) is 41.3 Å². The smallest absolute Gasteiger partial charge is 0.107 e. The molecule has 0 heterocycles. The van der Waals surface area contributed by atoms with E-state index in [1.54, 1.807) is 6.07 Å². The van der Waals surface area contributed by atoms with E-state index in [1.807, 2.05) is 55.4 Å². The minimum atomic E-state index is 0.281. The molecule has 3 N–H and O–H groups in total. The van der Waals surface area contributed by atoms with Crippen molar-refractivity contribution in [3.63, 3.8) is 0 Å². The van der Waals surface area contributed by atoms with Crippen molar-refractivity contribution in [3.8, 4) is 0 Å². The zero-order valence-electron chi connectivity index (χ0n) is 11.4. The molecule has 0 aliphatic carbocycles. The van der Waals surface area contributed by atoms with Gasteiger partial charge < -0.3 is 16.0 Å². The first-order chi connectivity index (χ1) is 9.49. The van der Waals surface area contributed by atoms with Gasteiger partial charge in [-0.05, 0) is 36.4 Å². The van der Waals surface area contributed by atoms with Crippen LogP contribution in [0.25, 0.3) is 0 Å². The van der Waals surface area contributed by atoms with Gasteiger partial charge in [-0.1, -0.05) is 29.9 Å². The lowest BCUT2D eigenvalue weighted by Crippen LogP contribution is -2.12. The minimum absolute atomic E-state index is 0.281. The van der Waals surface area contributed by atoms with E-state index in [4.69, 9.17) is 29.6 Å².